The highest BCUT2D eigenvalue weighted by Crippen LogP contribution is 2.28. The van der Waals surface area contributed by atoms with Crippen LogP contribution < -0.4 is 10.5 Å². The zero-order valence-corrected chi connectivity index (χ0v) is 12.9. The maximum absolute atomic E-state index is 13.9. The first-order valence-corrected chi connectivity index (χ1v) is 8.76. The Morgan fingerprint density at radius 1 is 1.38 bits per heavy atom. The van der Waals surface area contributed by atoms with Crippen LogP contribution in [0.3, 0.4) is 0 Å². The number of nitrogens with two attached hydrogens (primary N) is 1. The Bertz CT molecular complexity index is 578. The van der Waals surface area contributed by atoms with Crippen molar-refractivity contribution in [1.82, 2.24) is 4.90 Å². The third kappa shape index (κ3) is 4.15. The van der Waals surface area contributed by atoms with Crippen molar-refractivity contribution < 1.29 is 17.5 Å². The predicted octanol–water partition coefficient (Wildman–Crippen LogP) is 0.955. The molecule has 1 aliphatic heterocycles. The molecule has 7 heteroatoms. The monoisotopic (exact) mass is 316 g/mol. The van der Waals surface area contributed by atoms with E-state index in [9.17, 15) is 12.8 Å². The number of hydrogen-bond donors (Lipinski definition) is 1. The number of rotatable bonds is 5. The Balaban J connectivity index is 1.95. The van der Waals surface area contributed by atoms with Gasteiger partial charge in [-0.3, -0.25) is 0 Å². The zero-order valence-electron chi connectivity index (χ0n) is 12.1. The van der Waals surface area contributed by atoms with Crippen LogP contribution in [0.4, 0.5) is 4.39 Å². The summed E-state index contributed by atoms with van der Waals surface area (Å²) < 4.78 is 41.8. The molecule has 2 N–H and O–H groups in total. The van der Waals surface area contributed by atoms with E-state index in [1.54, 1.807) is 12.1 Å². The molecular formula is C14H21FN2O3S. The third-order valence-electron chi connectivity index (χ3n) is 3.80. The van der Waals surface area contributed by atoms with Crippen molar-refractivity contribution in [3.05, 3.63) is 29.6 Å². The number of methoxy groups -OCH3 is 1. The zero-order chi connectivity index (χ0) is 15.5. The van der Waals surface area contributed by atoms with Gasteiger partial charge in [0.2, 0.25) is 0 Å². The fourth-order valence-corrected chi connectivity index (χ4v) is 3.77. The van der Waals surface area contributed by atoms with Crippen LogP contribution in [0.2, 0.25) is 0 Å². The lowest BCUT2D eigenvalue weighted by Gasteiger charge is -2.27. The molecule has 1 unspecified atom stereocenters. The van der Waals surface area contributed by atoms with Crippen LogP contribution >= 0.6 is 0 Å². The Kier molecular flexibility index (Phi) is 5.18. The molecule has 2 rings (SSSR count). The molecule has 0 aliphatic carbocycles. The molecule has 1 atom stereocenters. The quantitative estimate of drug-likeness (QED) is 0.876. The molecule has 0 amide bonds. The van der Waals surface area contributed by atoms with Crippen molar-refractivity contribution in [2.75, 3.05) is 38.2 Å². The molecule has 0 bridgehead atoms. The molecule has 1 aromatic rings. The van der Waals surface area contributed by atoms with Gasteiger partial charge in [0.05, 0.1) is 18.6 Å². The van der Waals surface area contributed by atoms with Crippen LogP contribution in [-0.4, -0.2) is 51.6 Å². The number of sulfone groups is 1. The molecule has 0 spiro atoms. The van der Waals surface area contributed by atoms with Crippen molar-refractivity contribution in [2.24, 2.45) is 5.73 Å². The number of ether oxygens (including phenoxy) is 1. The van der Waals surface area contributed by atoms with E-state index in [1.807, 2.05) is 4.90 Å². The third-order valence-corrected chi connectivity index (χ3v) is 5.41. The molecule has 1 heterocycles. The van der Waals surface area contributed by atoms with E-state index in [4.69, 9.17) is 10.5 Å². The van der Waals surface area contributed by atoms with Crippen molar-refractivity contribution in [2.45, 2.75) is 12.5 Å². The molecule has 21 heavy (non-hydrogen) atoms. The number of nitrogens with zero attached hydrogens (tertiary/aromatic N) is 1. The lowest BCUT2D eigenvalue weighted by molar-refractivity contribution is 0.281. The van der Waals surface area contributed by atoms with E-state index in [-0.39, 0.29) is 17.3 Å². The summed E-state index contributed by atoms with van der Waals surface area (Å²) in [5.41, 5.74) is 6.46. The fourth-order valence-electron chi connectivity index (χ4n) is 2.49. The van der Waals surface area contributed by atoms with Gasteiger partial charge in [-0.1, -0.05) is 6.07 Å². The predicted molar refractivity (Wildman–Crippen MR) is 79.6 cm³/mol. The second-order valence-electron chi connectivity index (χ2n) is 5.24. The van der Waals surface area contributed by atoms with Crippen molar-refractivity contribution in [1.29, 1.82) is 0 Å². The van der Waals surface area contributed by atoms with E-state index in [0.717, 1.165) is 0 Å². The van der Waals surface area contributed by atoms with Gasteiger partial charge in [-0.25, -0.2) is 12.8 Å². The van der Waals surface area contributed by atoms with Gasteiger partial charge in [-0.2, -0.15) is 0 Å². The average molecular weight is 316 g/mol. The number of benzene rings is 1. The molecule has 0 radical (unpaired) electrons. The Labute approximate surface area is 124 Å². The van der Waals surface area contributed by atoms with Gasteiger partial charge in [0.25, 0.3) is 0 Å². The van der Waals surface area contributed by atoms with E-state index in [1.165, 1.54) is 13.2 Å². The van der Waals surface area contributed by atoms with Crippen molar-refractivity contribution >= 4 is 9.84 Å². The highest BCUT2D eigenvalue weighted by molar-refractivity contribution is 7.91. The summed E-state index contributed by atoms with van der Waals surface area (Å²) in [6.45, 7) is 1.68. The van der Waals surface area contributed by atoms with Crippen LogP contribution in [0, 0.1) is 5.82 Å². The summed E-state index contributed by atoms with van der Waals surface area (Å²) in [7, 11) is -1.39. The lowest BCUT2D eigenvalue weighted by Crippen LogP contribution is -2.41. The van der Waals surface area contributed by atoms with Crippen LogP contribution in [0.25, 0.3) is 0 Å². The smallest absolute Gasteiger partial charge is 0.152 e. The summed E-state index contributed by atoms with van der Waals surface area (Å²) in [4.78, 5) is 2.05. The maximum atomic E-state index is 13.9. The SMILES string of the molecule is COc1cccc(F)c1C(N)CCN1CCS(=O)(=O)CC1. The Morgan fingerprint density at radius 3 is 2.67 bits per heavy atom. The topological polar surface area (TPSA) is 72.6 Å². The minimum absolute atomic E-state index is 0.186. The van der Waals surface area contributed by atoms with E-state index < -0.39 is 15.9 Å². The number of halogens is 1. The normalized spacial score (nSPS) is 20.1. The summed E-state index contributed by atoms with van der Waals surface area (Å²) in [5, 5.41) is 0. The van der Waals surface area contributed by atoms with Gasteiger partial charge in [0, 0.05) is 31.2 Å². The van der Waals surface area contributed by atoms with Crippen LogP contribution in [-0.2, 0) is 9.84 Å². The minimum atomic E-state index is -2.88. The van der Waals surface area contributed by atoms with Gasteiger partial charge in [-0.05, 0) is 18.6 Å². The second kappa shape index (κ2) is 6.72. The standard InChI is InChI=1S/C14H21FN2O3S/c1-20-13-4-2-3-11(15)14(13)12(16)5-6-17-7-9-21(18,19)10-8-17/h2-4,12H,5-10,16H2,1H3. The van der Waals surface area contributed by atoms with Gasteiger partial charge < -0.3 is 15.4 Å². The molecule has 0 aromatic heterocycles. The van der Waals surface area contributed by atoms with Gasteiger partial charge >= 0.3 is 0 Å². The highest BCUT2D eigenvalue weighted by atomic mass is 32.2. The Morgan fingerprint density at radius 2 is 2.05 bits per heavy atom. The maximum Gasteiger partial charge on any atom is 0.152 e. The van der Waals surface area contributed by atoms with Crippen LogP contribution in [0.15, 0.2) is 18.2 Å². The Hall–Kier alpha value is -1.18. The first-order valence-electron chi connectivity index (χ1n) is 6.93. The first kappa shape index (κ1) is 16.2. The van der Waals surface area contributed by atoms with E-state index in [2.05, 4.69) is 0 Å². The average Bonchev–Trinajstić information content (AvgIpc) is 2.45. The molecule has 1 aromatic carbocycles. The van der Waals surface area contributed by atoms with Crippen molar-refractivity contribution in [3.63, 3.8) is 0 Å². The number of hydrogen-bond acceptors (Lipinski definition) is 5. The lowest BCUT2D eigenvalue weighted by atomic mass is 10.0. The molecule has 1 fully saturated rings. The largest absolute Gasteiger partial charge is 0.496 e. The van der Waals surface area contributed by atoms with Gasteiger partial charge in [0.15, 0.2) is 9.84 Å². The highest BCUT2D eigenvalue weighted by Gasteiger charge is 2.23. The minimum Gasteiger partial charge on any atom is -0.496 e. The molecule has 1 aliphatic rings. The summed E-state index contributed by atoms with van der Waals surface area (Å²) in [6, 6.07) is 4.16. The molecule has 5 nitrogen and oxygen atoms in total. The van der Waals surface area contributed by atoms with E-state index in [0.29, 0.717) is 37.4 Å². The van der Waals surface area contributed by atoms with Gasteiger partial charge in [-0.15, -0.1) is 0 Å². The first-order chi connectivity index (χ1) is 9.93. The molecular weight excluding hydrogens is 295 g/mol. The van der Waals surface area contributed by atoms with Crippen molar-refractivity contribution in [3.8, 4) is 5.75 Å². The summed E-state index contributed by atoms with van der Waals surface area (Å²) in [5.74, 6) is 0.447. The summed E-state index contributed by atoms with van der Waals surface area (Å²) >= 11 is 0. The molecule has 1 saturated heterocycles. The van der Waals surface area contributed by atoms with Crippen LogP contribution in [0.1, 0.15) is 18.0 Å². The van der Waals surface area contributed by atoms with Crippen LogP contribution in [0.5, 0.6) is 5.75 Å². The molecule has 118 valence electrons. The summed E-state index contributed by atoms with van der Waals surface area (Å²) in [6.07, 6.45) is 0.553. The second-order valence-corrected chi connectivity index (χ2v) is 7.55. The van der Waals surface area contributed by atoms with E-state index >= 15 is 0 Å². The fraction of sp³-hybridized carbons (Fsp3) is 0.571. The molecule has 0 saturated carbocycles. The van der Waals surface area contributed by atoms with Gasteiger partial charge in [0.1, 0.15) is 11.6 Å².